The van der Waals surface area contributed by atoms with Crippen molar-refractivity contribution in [2.45, 2.75) is 12.5 Å². The molecule has 0 bridgehead atoms. The summed E-state index contributed by atoms with van der Waals surface area (Å²) in [5.74, 6) is -0.346. The lowest BCUT2D eigenvalue weighted by Crippen LogP contribution is -2.39. The highest BCUT2D eigenvalue weighted by Crippen LogP contribution is 2.22. The predicted octanol–water partition coefficient (Wildman–Crippen LogP) is 2.60. The molecule has 1 unspecified atom stereocenters. The van der Waals surface area contributed by atoms with Gasteiger partial charge in [-0.2, -0.15) is 0 Å². The molecule has 1 atom stereocenters. The van der Waals surface area contributed by atoms with Crippen LogP contribution in [0.3, 0.4) is 0 Å². The van der Waals surface area contributed by atoms with Gasteiger partial charge in [0.05, 0.1) is 6.04 Å². The molecule has 0 radical (unpaired) electrons. The van der Waals surface area contributed by atoms with Gasteiger partial charge in [0, 0.05) is 13.2 Å². The molecule has 5 heteroatoms. The first-order chi connectivity index (χ1) is 10.7. The fraction of sp³-hybridized carbons (Fsp3) is 0.235. The molecule has 116 valence electrons. The van der Waals surface area contributed by atoms with Crippen LogP contribution >= 0.6 is 0 Å². The number of urea groups is 1. The molecule has 0 fully saturated rings. The van der Waals surface area contributed by atoms with Gasteiger partial charge in [-0.05, 0) is 29.7 Å². The van der Waals surface area contributed by atoms with Crippen LogP contribution in [0.5, 0.6) is 0 Å². The number of carbonyl (C=O) groups is 1. The number of hydrogen-bond acceptors (Lipinski definition) is 2. The zero-order valence-electron chi connectivity index (χ0n) is 12.1. The topological polar surface area (TPSA) is 61.4 Å². The zero-order chi connectivity index (χ0) is 15.8. The second-order valence-corrected chi connectivity index (χ2v) is 4.88. The van der Waals surface area contributed by atoms with E-state index in [1.54, 1.807) is 12.1 Å². The number of aliphatic hydroxyl groups is 1. The predicted molar refractivity (Wildman–Crippen MR) is 82.9 cm³/mol. The summed E-state index contributed by atoms with van der Waals surface area (Å²) in [6.45, 7) is 0.402. The molecular weight excluding hydrogens is 283 g/mol. The van der Waals surface area contributed by atoms with E-state index < -0.39 is 6.04 Å². The van der Waals surface area contributed by atoms with E-state index in [1.807, 2.05) is 30.3 Å². The number of halogens is 1. The highest BCUT2D eigenvalue weighted by molar-refractivity contribution is 5.75. The summed E-state index contributed by atoms with van der Waals surface area (Å²) in [5.41, 5.74) is 1.54. The summed E-state index contributed by atoms with van der Waals surface area (Å²) in [5, 5.41) is 14.2. The first-order valence-corrected chi connectivity index (χ1v) is 7.16. The first-order valence-electron chi connectivity index (χ1n) is 7.16. The van der Waals surface area contributed by atoms with Crippen LogP contribution in [-0.4, -0.2) is 24.3 Å². The average Bonchev–Trinajstić information content (AvgIpc) is 2.54. The third-order valence-electron chi connectivity index (χ3n) is 3.21. The number of nitrogens with one attached hydrogen (secondary N) is 2. The normalized spacial score (nSPS) is 11.7. The number of rotatable bonds is 6. The Hall–Kier alpha value is -2.40. The molecule has 0 spiro atoms. The van der Waals surface area contributed by atoms with Gasteiger partial charge in [-0.3, -0.25) is 0 Å². The Bertz CT molecular complexity index is 605. The molecule has 22 heavy (non-hydrogen) atoms. The largest absolute Gasteiger partial charge is 0.396 e. The van der Waals surface area contributed by atoms with Gasteiger partial charge < -0.3 is 15.7 Å². The number of aliphatic hydroxyl groups excluding tert-OH is 1. The molecule has 0 aliphatic rings. The average molecular weight is 302 g/mol. The molecule has 2 aromatic carbocycles. The number of carbonyl (C=O) groups excluding carboxylic acids is 1. The minimum atomic E-state index is -0.439. The summed E-state index contributed by atoms with van der Waals surface area (Å²) in [7, 11) is 0. The molecule has 2 aromatic rings. The van der Waals surface area contributed by atoms with Crippen molar-refractivity contribution in [3.8, 4) is 0 Å². The summed E-state index contributed by atoms with van der Waals surface area (Å²) >= 11 is 0. The second kappa shape index (κ2) is 8.14. The van der Waals surface area contributed by atoms with Crippen LogP contribution in [0.15, 0.2) is 54.6 Å². The molecule has 0 aliphatic heterocycles. The van der Waals surface area contributed by atoms with Gasteiger partial charge in [-0.25, -0.2) is 9.18 Å². The Labute approximate surface area is 129 Å². The lowest BCUT2D eigenvalue weighted by atomic mass is 9.99. The lowest BCUT2D eigenvalue weighted by Gasteiger charge is -2.20. The molecule has 0 saturated carbocycles. The van der Waals surface area contributed by atoms with Crippen LogP contribution < -0.4 is 10.6 Å². The highest BCUT2D eigenvalue weighted by Gasteiger charge is 2.16. The zero-order valence-corrected chi connectivity index (χ0v) is 12.1. The molecule has 0 aromatic heterocycles. The summed E-state index contributed by atoms with van der Waals surface area (Å²) in [6.07, 6.45) is 0.489. The van der Waals surface area contributed by atoms with E-state index in [9.17, 15) is 9.18 Å². The van der Waals surface area contributed by atoms with Gasteiger partial charge in [-0.1, -0.05) is 42.5 Å². The smallest absolute Gasteiger partial charge is 0.315 e. The van der Waals surface area contributed by atoms with Crippen LogP contribution in [0.2, 0.25) is 0 Å². The van der Waals surface area contributed by atoms with Gasteiger partial charge in [0.1, 0.15) is 5.82 Å². The van der Waals surface area contributed by atoms with E-state index in [0.717, 1.165) is 5.56 Å². The van der Waals surface area contributed by atoms with Crippen molar-refractivity contribution in [1.82, 2.24) is 10.6 Å². The van der Waals surface area contributed by atoms with Crippen molar-refractivity contribution in [3.63, 3.8) is 0 Å². The van der Waals surface area contributed by atoms with Gasteiger partial charge in [-0.15, -0.1) is 0 Å². The van der Waals surface area contributed by atoms with Crippen LogP contribution in [0.1, 0.15) is 23.6 Å². The Morgan fingerprint density at radius 3 is 2.50 bits per heavy atom. The van der Waals surface area contributed by atoms with Crippen molar-refractivity contribution in [1.29, 1.82) is 0 Å². The van der Waals surface area contributed by atoms with Crippen molar-refractivity contribution in [2.75, 3.05) is 13.2 Å². The minimum Gasteiger partial charge on any atom is -0.396 e. The Morgan fingerprint density at radius 1 is 1.09 bits per heavy atom. The summed E-state index contributed by atoms with van der Waals surface area (Å²) in [4.78, 5) is 12.0. The van der Waals surface area contributed by atoms with Crippen LogP contribution in [-0.2, 0) is 0 Å². The fourth-order valence-corrected chi connectivity index (χ4v) is 2.15. The summed E-state index contributed by atoms with van der Waals surface area (Å²) < 4.78 is 13.5. The van der Waals surface area contributed by atoms with E-state index in [1.165, 1.54) is 12.1 Å². The Morgan fingerprint density at radius 2 is 1.82 bits per heavy atom. The van der Waals surface area contributed by atoms with Crippen molar-refractivity contribution < 1.29 is 14.3 Å². The molecule has 2 amide bonds. The minimum absolute atomic E-state index is 0.0201. The van der Waals surface area contributed by atoms with E-state index in [2.05, 4.69) is 10.6 Å². The third-order valence-corrected chi connectivity index (χ3v) is 3.21. The molecule has 4 nitrogen and oxygen atoms in total. The third kappa shape index (κ3) is 4.56. The van der Waals surface area contributed by atoms with Gasteiger partial charge in [0.15, 0.2) is 0 Å². The SMILES string of the molecule is O=C(NCCCO)NC(c1ccccc1)c1cccc(F)c1. The van der Waals surface area contributed by atoms with E-state index in [0.29, 0.717) is 18.5 Å². The maximum atomic E-state index is 13.5. The second-order valence-electron chi connectivity index (χ2n) is 4.88. The van der Waals surface area contributed by atoms with E-state index in [-0.39, 0.29) is 18.5 Å². The Kier molecular flexibility index (Phi) is 5.91. The number of benzene rings is 2. The number of amides is 2. The van der Waals surface area contributed by atoms with Gasteiger partial charge in [0.2, 0.25) is 0 Å². The van der Waals surface area contributed by atoms with Crippen LogP contribution in [0.25, 0.3) is 0 Å². The molecule has 2 rings (SSSR count). The van der Waals surface area contributed by atoms with E-state index >= 15 is 0 Å². The molecular formula is C17H19FN2O2. The Balaban J connectivity index is 2.17. The van der Waals surface area contributed by atoms with Crippen molar-refractivity contribution in [3.05, 3.63) is 71.5 Å². The van der Waals surface area contributed by atoms with Crippen LogP contribution in [0, 0.1) is 5.82 Å². The van der Waals surface area contributed by atoms with Crippen molar-refractivity contribution in [2.24, 2.45) is 0 Å². The quantitative estimate of drug-likeness (QED) is 0.718. The molecule has 3 N–H and O–H groups in total. The van der Waals surface area contributed by atoms with Crippen molar-refractivity contribution >= 4 is 6.03 Å². The molecule has 0 aliphatic carbocycles. The molecule has 0 saturated heterocycles. The summed E-state index contributed by atoms with van der Waals surface area (Å²) in [6, 6.07) is 14.7. The standard InChI is InChI=1S/C17H19FN2O2/c18-15-9-4-8-14(12-15)16(13-6-2-1-3-7-13)20-17(22)19-10-5-11-21/h1-4,6-9,12,16,21H,5,10-11H2,(H2,19,20,22). The monoisotopic (exact) mass is 302 g/mol. The van der Waals surface area contributed by atoms with Gasteiger partial charge >= 0.3 is 6.03 Å². The van der Waals surface area contributed by atoms with Crippen LogP contribution in [0.4, 0.5) is 9.18 Å². The molecule has 0 heterocycles. The first kappa shape index (κ1) is 16.0. The number of hydrogen-bond donors (Lipinski definition) is 3. The van der Waals surface area contributed by atoms with Gasteiger partial charge in [0.25, 0.3) is 0 Å². The van der Waals surface area contributed by atoms with E-state index in [4.69, 9.17) is 5.11 Å². The fourth-order valence-electron chi connectivity index (χ4n) is 2.15. The maximum Gasteiger partial charge on any atom is 0.315 e. The highest BCUT2D eigenvalue weighted by atomic mass is 19.1. The lowest BCUT2D eigenvalue weighted by molar-refractivity contribution is 0.236. The maximum absolute atomic E-state index is 13.5.